The van der Waals surface area contributed by atoms with Gasteiger partial charge in [0.15, 0.2) is 0 Å². The molecule has 0 radical (unpaired) electrons. The second-order valence-electron chi connectivity index (χ2n) is 4.73. The van der Waals surface area contributed by atoms with Gasteiger partial charge in [-0.05, 0) is 12.5 Å². The van der Waals surface area contributed by atoms with Crippen LogP contribution in [0.2, 0.25) is 0 Å². The van der Waals surface area contributed by atoms with Gasteiger partial charge in [-0.15, -0.1) is 0 Å². The minimum atomic E-state index is -0.521. The van der Waals surface area contributed by atoms with E-state index in [0.29, 0.717) is 26.1 Å². The maximum atomic E-state index is 11.7. The number of hydrogen-bond donors (Lipinski definition) is 1. The van der Waals surface area contributed by atoms with Crippen molar-refractivity contribution in [1.29, 1.82) is 0 Å². The van der Waals surface area contributed by atoms with Crippen LogP contribution in [0.25, 0.3) is 0 Å². The number of nitrogens with two attached hydrogens (primary N) is 1. The van der Waals surface area contributed by atoms with Gasteiger partial charge >= 0.3 is 11.1 Å². The van der Waals surface area contributed by atoms with Crippen molar-refractivity contribution in [2.75, 3.05) is 6.61 Å². The first kappa shape index (κ1) is 15.1. The van der Waals surface area contributed by atoms with E-state index in [-0.39, 0.29) is 0 Å². The van der Waals surface area contributed by atoms with Crippen molar-refractivity contribution in [1.82, 2.24) is 9.13 Å². The average Bonchev–Trinajstić information content (AvgIpc) is 2.51. The van der Waals surface area contributed by atoms with E-state index in [0.717, 1.165) is 11.3 Å². The van der Waals surface area contributed by atoms with Crippen molar-refractivity contribution < 1.29 is 4.74 Å². The number of aromatic nitrogens is 2. The molecule has 0 spiro atoms. The Balaban J connectivity index is 1.92. The number of para-hydroxylation sites is 1. The van der Waals surface area contributed by atoms with Gasteiger partial charge in [-0.1, -0.05) is 18.2 Å². The van der Waals surface area contributed by atoms with Gasteiger partial charge in [0.05, 0.1) is 6.61 Å². The van der Waals surface area contributed by atoms with Crippen molar-refractivity contribution in [3.8, 4) is 5.75 Å². The molecule has 0 atom stereocenters. The summed E-state index contributed by atoms with van der Waals surface area (Å²) in [5.41, 5.74) is 5.55. The Hall–Kier alpha value is -2.34. The van der Waals surface area contributed by atoms with E-state index in [1.54, 1.807) is 19.4 Å². The number of benzene rings is 1. The van der Waals surface area contributed by atoms with Crippen LogP contribution in [0.3, 0.4) is 0 Å². The van der Waals surface area contributed by atoms with E-state index in [4.69, 9.17) is 10.5 Å². The maximum absolute atomic E-state index is 11.7. The SMILES string of the molecule is Cn1ccn(CCCOc2ccccc2CN)c(=O)c1=O. The van der Waals surface area contributed by atoms with Crippen LogP contribution in [-0.2, 0) is 20.1 Å². The summed E-state index contributed by atoms with van der Waals surface area (Å²) in [7, 11) is 1.56. The molecule has 2 N–H and O–H groups in total. The molecule has 0 aliphatic rings. The van der Waals surface area contributed by atoms with Crippen molar-refractivity contribution in [3.05, 3.63) is 62.9 Å². The summed E-state index contributed by atoms with van der Waals surface area (Å²) in [6, 6.07) is 7.58. The molecule has 2 aromatic rings. The Kier molecular flexibility index (Phi) is 4.94. The topological polar surface area (TPSA) is 79.2 Å². The fraction of sp³-hybridized carbons (Fsp3) is 0.333. The molecule has 6 nitrogen and oxygen atoms in total. The summed E-state index contributed by atoms with van der Waals surface area (Å²) in [4.78, 5) is 23.2. The fourth-order valence-electron chi connectivity index (χ4n) is 2.00. The highest BCUT2D eigenvalue weighted by Crippen LogP contribution is 2.17. The molecule has 0 aliphatic heterocycles. The molecule has 21 heavy (non-hydrogen) atoms. The van der Waals surface area contributed by atoms with Crippen LogP contribution in [0, 0.1) is 0 Å². The van der Waals surface area contributed by atoms with Crippen molar-refractivity contribution >= 4 is 0 Å². The van der Waals surface area contributed by atoms with Gasteiger partial charge in [0.1, 0.15) is 5.75 Å². The zero-order valence-corrected chi connectivity index (χ0v) is 12.0. The van der Waals surface area contributed by atoms with E-state index in [1.165, 1.54) is 9.13 Å². The third-order valence-corrected chi connectivity index (χ3v) is 3.23. The lowest BCUT2D eigenvalue weighted by molar-refractivity contribution is 0.298. The summed E-state index contributed by atoms with van der Waals surface area (Å²) in [5, 5.41) is 0. The summed E-state index contributed by atoms with van der Waals surface area (Å²) in [5.74, 6) is 0.760. The summed E-state index contributed by atoms with van der Waals surface area (Å²) >= 11 is 0. The van der Waals surface area contributed by atoms with E-state index in [2.05, 4.69) is 0 Å². The molecule has 0 saturated heterocycles. The van der Waals surface area contributed by atoms with Crippen LogP contribution in [0.15, 0.2) is 46.2 Å². The van der Waals surface area contributed by atoms with Crippen molar-refractivity contribution in [2.24, 2.45) is 12.8 Å². The molecule has 112 valence electrons. The quantitative estimate of drug-likeness (QED) is 0.619. The molecule has 0 saturated carbocycles. The lowest BCUT2D eigenvalue weighted by Gasteiger charge is -2.10. The molecule has 6 heteroatoms. The molecule has 0 unspecified atom stereocenters. The molecule has 0 bridgehead atoms. The zero-order chi connectivity index (χ0) is 15.2. The number of aryl methyl sites for hydroxylation is 2. The standard InChI is InChI=1S/C15H19N3O3/c1-17-8-9-18(15(20)14(17)19)7-4-10-21-13-6-3-2-5-12(13)11-16/h2-3,5-6,8-9H,4,7,10-11,16H2,1H3. The molecule has 0 fully saturated rings. The van der Waals surface area contributed by atoms with E-state index in [9.17, 15) is 9.59 Å². The van der Waals surface area contributed by atoms with Gasteiger partial charge in [0.2, 0.25) is 0 Å². The molecular formula is C15H19N3O3. The normalized spacial score (nSPS) is 10.6. The number of ether oxygens (including phenoxy) is 1. The molecule has 1 aromatic carbocycles. The lowest BCUT2D eigenvalue weighted by atomic mass is 10.2. The minimum Gasteiger partial charge on any atom is -0.493 e. The second-order valence-corrected chi connectivity index (χ2v) is 4.73. The third kappa shape index (κ3) is 3.61. The van der Waals surface area contributed by atoms with Gasteiger partial charge < -0.3 is 19.6 Å². The summed E-state index contributed by atoms with van der Waals surface area (Å²) in [6.07, 6.45) is 3.82. The van der Waals surface area contributed by atoms with E-state index < -0.39 is 11.1 Å². The van der Waals surface area contributed by atoms with Gasteiger partial charge in [-0.3, -0.25) is 9.59 Å². The minimum absolute atomic E-state index is 0.421. The van der Waals surface area contributed by atoms with Crippen LogP contribution in [0.4, 0.5) is 0 Å². The van der Waals surface area contributed by atoms with Crippen LogP contribution in [-0.4, -0.2) is 15.7 Å². The average molecular weight is 289 g/mol. The largest absolute Gasteiger partial charge is 0.493 e. The first-order chi connectivity index (χ1) is 10.1. The Morgan fingerprint density at radius 2 is 1.90 bits per heavy atom. The van der Waals surface area contributed by atoms with Gasteiger partial charge in [0.25, 0.3) is 0 Å². The predicted molar refractivity (Wildman–Crippen MR) is 80.4 cm³/mol. The smallest absolute Gasteiger partial charge is 0.316 e. The molecule has 1 aromatic heterocycles. The van der Waals surface area contributed by atoms with Gasteiger partial charge in [-0.2, -0.15) is 0 Å². The summed E-state index contributed by atoms with van der Waals surface area (Å²) < 4.78 is 8.34. The van der Waals surface area contributed by atoms with Crippen molar-refractivity contribution in [3.63, 3.8) is 0 Å². The lowest BCUT2D eigenvalue weighted by Crippen LogP contribution is -2.39. The van der Waals surface area contributed by atoms with Crippen LogP contribution < -0.4 is 21.6 Å². The second kappa shape index (κ2) is 6.90. The van der Waals surface area contributed by atoms with Gasteiger partial charge in [0, 0.05) is 38.1 Å². The van der Waals surface area contributed by atoms with Crippen LogP contribution in [0.5, 0.6) is 5.75 Å². The Labute approximate surface area is 122 Å². The third-order valence-electron chi connectivity index (χ3n) is 3.23. The van der Waals surface area contributed by atoms with Crippen LogP contribution in [0.1, 0.15) is 12.0 Å². The predicted octanol–water partition coefficient (Wildman–Crippen LogP) is 0.475. The monoisotopic (exact) mass is 289 g/mol. The van der Waals surface area contributed by atoms with Crippen molar-refractivity contribution in [2.45, 2.75) is 19.5 Å². The highest BCUT2D eigenvalue weighted by atomic mass is 16.5. The first-order valence-corrected chi connectivity index (χ1v) is 6.80. The molecule has 0 aliphatic carbocycles. The Morgan fingerprint density at radius 1 is 1.14 bits per heavy atom. The fourth-order valence-corrected chi connectivity index (χ4v) is 2.00. The molecule has 0 amide bonds. The molecular weight excluding hydrogens is 270 g/mol. The number of nitrogens with zero attached hydrogens (tertiary/aromatic N) is 2. The zero-order valence-electron chi connectivity index (χ0n) is 12.0. The highest BCUT2D eigenvalue weighted by Gasteiger charge is 2.03. The molecule has 2 rings (SSSR count). The summed E-state index contributed by atoms with van der Waals surface area (Å²) in [6.45, 7) is 1.32. The van der Waals surface area contributed by atoms with Gasteiger partial charge in [-0.25, -0.2) is 0 Å². The molecule has 1 heterocycles. The van der Waals surface area contributed by atoms with E-state index >= 15 is 0 Å². The number of rotatable bonds is 6. The Morgan fingerprint density at radius 3 is 2.67 bits per heavy atom. The highest BCUT2D eigenvalue weighted by molar-refractivity contribution is 5.32. The van der Waals surface area contributed by atoms with Crippen LogP contribution >= 0.6 is 0 Å². The Bertz CT molecular complexity index is 719. The first-order valence-electron chi connectivity index (χ1n) is 6.80. The maximum Gasteiger partial charge on any atom is 0.316 e. The van der Waals surface area contributed by atoms with E-state index in [1.807, 2.05) is 24.3 Å². The number of hydrogen-bond acceptors (Lipinski definition) is 4.